The van der Waals surface area contributed by atoms with Gasteiger partial charge in [0, 0.05) is 24.1 Å². The number of nitrogens with one attached hydrogen (secondary N) is 1. The second-order valence-electron chi connectivity index (χ2n) is 6.53. The second kappa shape index (κ2) is 4.94. The zero-order valence-electron chi connectivity index (χ0n) is 12.4. The van der Waals surface area contributed by atoms with Gasteiger partial charge in [-0.1, -0.05) is 24.2 Å². The van der Waals surface area contributed by atoms with Crippen LogP contribution in [0.3, 0.4) is 0 Å². The summed E-state index contributed by atoms with van der Waals surface area (Å²) < 4.78 is 10.7. The van der Waals surface area contributed by atoms with Crippen LogP contribution in [0.25, 0.3) is 11.7 Å². The maximum Gasteiger partial charge on any atom is 0.296 e. The van der Waals surface area contributed by atoms with Crippen LogP contribution in [-0.2, 0) is 0 Å². The lowest BCUT2D eigenvalue weighted by molar-refractivity contribution is 0.337. The van der Waals surface area contributed by atoms with Gasteiger partial charge in [0.15, 0.2) is 5.82 Å². The van der Waals surface area contributed by atoms with Crippen molar-refractivity contribution in [1.82, 2.24) is 20.6 Å². The summed E-state index contributed by atoms with van der Waals surface area (Å²) in [5, 5.41) is 11.8. The number of fused-ring (bicyclic) bond motifs is 2. The average Bonchev–Trinajstić information content (AvgIpc) is 3.17. The van der Waals surface area contributed by atoms with Crippen LogP contribution in [0.2, 0.25) is 0 Å². The highest BCUT2D eigenvalue weighted by molar-refractivity contribution is 5.44. The van der Waals surface area contributed by atoms with Gasteiger partial charge in [-0.2, -0.15) is 4.98 Å². The molecular formula is C15H20N4O2. The van der Waals surface area contributed by atoms with Crippen LogP contribution in [-0.4, -0.2) is 27.4 Å². The van der Waals surface area contributed by atoms with Crippen molar-refractivity contribution in [3.63, 3.8) is 0 Å². The van der Waals surface area contributed by atoms with Crippen molar-refractivity contribution in [2.24, 2.45) is 0 Å². The van der Waals surface area contributed by atoms with Gasteiger partial charge >= 0.3 is 0 Å². The highest BCUT2D eigenvalue weighted by Gasteiger charge is 2.36. The number of aromatic nitrogens is 3. The lowest BCUT2D eigenvalue weighted by Gasteiger charge is -2.26. The molecule has 4 heterocycles. The summed E-state index contributed by atoms with van der Waals surface area (Å²) in [6, 6.07) is 3.12. The molecule has 4 rings (SSSR count). The molecule has 2 aliphatic rings. The Hall–Kier alpha value is -1.69. The Balaban J connectivity index is 1.55. The number of nitrogens with zero attached hydrogens (tertiary/aromatic N) is 3. The lowest BCUT2D eigenvalue weighted by Crippen LogP contribution is -2.37. The van der Waals surface area contributed by atoms with Crippen LogP contribution in [0.5, 0.6) is 0 Å². The molecule has 2 aliphatic heterocycles. The third-order valence-electron chi connectivity index (χ3n) is 4.61. The molecule has 0 aromatic carbocycles. The van der Waals surface area contributed by atoms with Crippen molar-refractivity contribution in [2.75, 3.05) is 0 Å². The molecule has 2 aromatic rings. The summed E-state index contributed by atoms with van der Waals surface area (Å²) in [6.07, 6.45) is 4.74. The SMILES string of the molecule is CC(C)c1cc(-c2nc(C3CC4CCC(C3)N4)no2)on1. The molecule has 0 aliphatic carbocycles. The molecule has 0 saturated carbocycles. The van der Waals surface area contributed by atoms with E-state index >= 15 is 0 Å². The number of rotatable bonds is 3. The molecule has 6 heteroatoms. The zero-order chi connectivity index (χ0) is 14.4. The second-order valence-corrected chi connectivity index (χ2v) is 6.53. The number of hydrogen-bond acceptors (Lipinski definition) is 6. The van der Waals surface area contributed by atoms with E-state index in [0.717, 1.165) is 24.4 Å². The molecule has 21 heavy (non-hydrogen) atoms. The molecule has 1 N–H and O–H groups in total. The van der Waals surface area contributed by atoms with Crippen LogP contribution >= 0.6 is 0 Å². The van der Waals surface area contributed by atoms with Crippen LogP contribution in [0, 0.1) is 0 Å². The summed E-state index contributed by atoms with van der Waals surface area (Å²) >= 11 is 0. The van der Waals surface area contributed by atoms with Crippen molar-refractivity contribution in [2.45, 2.75) is 63.5 Å². The lowest BCUT2D eigenvalue weighted by atomic mass is 9.92. The van der Waals surface area contributed by atoms with Gasteiger partial charge in [-0.05, 0) is 31.6 Å². The Morgan fingerprint density at radius 1 is 1.14 bits per heavy atom. The van der Waals surface area contributed by atoms with Gasteiger partial charge in [-0.25, -0.2) is 0 Å². The van der Waals surface area contributed by atoms with Gasteiger partial charge in [-0.3, -0.25) is 0 Å². The van der Waals surface area contributed by atoms with E-state index in [1.54, 1.807) is 0 Å². The minimum Gasteiger partial charge on any atom is -0.351 e. The number of piperidine rings is 1. The maximum atomic E-state index is 5.37. The van der Waals surface area contributed by atoms with Gasteiger partial charge in [-0.15, -0.1) is 0 Å². The topological polar surface area (TPSA) is 77.0 Å². The molecule has 112 valence electrons. The fourth-order valence-electron chi connectivity index (χ4n) is 3.43. The summed E-state index contributed by atoms with van der Waals surface area (Å²) in [5.41, 5.74) is 0.907. The van der Waals surface area contributed by atoms with E-state index in [4.69, 9.17) is 9.05 Å². The van der Waals surface area contributed by atoms with E-state index in [9.17, 15) is 0 Å². The molecule has 2 atom stereocenters. The standard InChI is InChI=1S/C15H20N4O2/c1-8(2)12-7-13(20-18-12)15-17-14(19-21-15)9-5-10-3-4-11(6-9)16-10/h7-11,16H,3-6H2,1-2H3. The summed E-state index contributed by atoms with van der Waals surface area (Å²) in [4.78, 5) is 4.53. The van der Waals surface area contributed by atoms with E-state index < -0.39 is 0 Å². The summed E-state index contributed by atoms with van der Waals surface area (Å²) in [6.45, 7) is 4.15. The molecular weight excluding hydrogens is 268 g/mol. The van der Waals surface area contributed by atoms with Crippen molar-refractivity contribution in [3.8, 4) is 11.7 Å². The summed E-state index contributed by atoms with van der Waals surface area (Å²) in [5.74, 6) is 2.54. The highest BCUT2D eigenvalue weighted by Crippen LogP contribution is 2.36. The Morgan fingerprint density at radius 2 is 1.90 bits per heavy atom. The normalized spacial score (nSPS) is 28.4. The zero-order valence-corrected chi connectivity index (χ0v) is 12.4. The van der Waals surface area contributed by atoms with Gasteiger partial charge in [0.05, 0.1) is 5.69 Å². The van der Waals surface area contributed by atoms with Gasteiger partial charge < -0.3 is 14.4 Å². The molecule has 2 fully saturated rings. The van der Waals surface area contributed by atoms with Crippen LogP contribution in [0.4, 0.5) is 0 Å². The monoisotopic (exact) mass is 288 g/mol. The molecule has 0 spiro atoms. The van der Waals surface area contributed by atoms with Crippen molar-refractivity contribution >= 4 is 0 Å². The Bertz CT molecular complexity index is 621. The Kier molecular flexibility index (Phi) is 3.06. The van der Waals surface area contributed by atoms with Gasteiger partial charge in [0.25, 0.3) is 5.89 Å². The van der Waals surface area contributed by atoms with Crippen molar-refractivity contribution in [3.05, 3.63) is 17.6 Å². The Morgan fingerprint density at radius 3 is 2.57 bits per heavy atom. The van der Waals surface area contributed by atoms with Gasteiger partial charge in [0.1, 0.15) is 0 Å². The van der Waals surface area contributed by atoms with E-state index in [1.807, 2.05) is 6.07 Å². The molecule has 2 aromatic heterocycles. The highest BCUT2D eigenvalue weighted by atomic mass is 16.5. The first-order chi connectivity index (χ1) is 10.2. The van der Waals surface area contributed by atoms with Gasteiger partial charge in [0.2, 0.25) is 5.76 Å². The van der Waals surface area contributed by atoms with E-state index in [1.165, 1.54) is 12.8 Å². The fraction of sp³-hybridized carbons (Fsp3) is 0.667. The van der Waals surface area contributed by atoms with E-state index in [2.05, 4.69) is 34.5 Å². The average molecular weight is 288 g/mol. The van der Waals surface area contributed by atoms with Crippen LogP contribution in [0.15, 0.2) is 15.1 Å². The molecule has 0 amide bonds. The quantitative estimate of drug-likeness (QED) is 0.935. The van der Waals surface area contributed by atoms with Crippen molar-refractivity contribution < 1.29 is 9.05 Å². The van der Waals surface area contributed by atoms with E-state index in [0.29, 0.717) is 35.6 Å². The summed E-state index contributed by atoms with van der Waals surface area (Å²) in [7, 11) is 0. The fourth-order valence-corrected chi connectivity index (χ4v) is 3.43. The molecule has 2 bridgehead atoms. The number of hydrogen-bond donors (Lipinski definition) is 1. The predicted molar refractivity (Wildman–Crippen MR) is 75.8 cm³/mol. The molecule has 2 saturated heterocycles. The van der Waals surface area contributed by atoms with Crippen LogP contribution in [0.1, 0.15) is 62.9 Å². The minimum absolute atomic E-state index is 0.324. The van der Waals surface area contributed by atoms with Crippen molar-refractivity contribution in [1.29, 1.82) is 0 Å². The van der Waals surface area contributed by atoms with E-state index in [-0.39, 0.29) is 0 Å². The Labute approximate surface area is 123 Å². The van der Waals surface area contributed by atoms with Crippen LogP contribution < -0.4 is 5.32 Å². The third kappa shape index (κ3) is 2.37. The minimum atomic E-state index is 0.324. The first-order valence-corrected chi connectivity index (χ1v) is 7.75. The first-order valence-electron chi connectivity index (χ1n) is 7.75. The first kappa shape index (κ1) is 13.0. The largest absolute Gasteiger partial charge is 0.351 e. The molecule has 6 nitrogen and oxygen atoms in total. The maximum absolute atomic E-state index is 5.37. The smallest absolute Gasteiger partial charge is 0.296 e. The molecule has 0 radical (unpaired) electrons. The predicted octanol–water partition coefficient (Wildman–Crippen LogP) is 2.85. The molecule has 2 unspecified atom stereocenters. The third-order valence-corrected chi connectivity index (χ3v) is 4.61.